The Morgan fingerprint density at radius 2 is 2.12 bits per heavy atom. The molecule has 1 aromatic carbocycles. The van der Waals surface area contributed by atoms with Crippen molar-refractivity contribution < 1.29 is 9.53 Å². The Morgan fingerprint density at radius 1 is 1.38 bits per heavy atom. The highest BCUT2D eigenvalue weighted by molar-refractivity contribution is 8.00. The van der Waals surface area contributed by atoms with E-state index in [0.29, 0.717) is 0 Å². The molecule has 3 heteroatoms. The standard InChI is InChI=1S/C13H16O2S/c1-9(13(14)15-2)16-12-7-6-10-4-3-5-11(10)8-12/h6-9H,3-5H2,1-2H3. The third-order valence-corrected chi connectivity index (χ3v) is 3.99. The third-order valence-electron chi connectivity index (χ3n) is 2.92. The van der Waals surface area contributed by atoms with Crippen molar-refractivity contribution in [3.8, 4) is 0 Å². The molecule has 2 rings (SSSR count). The molecular weight excluding hydrogens is 220 g/mol. The van der Waals surface area contributed by atoms with Crippen LogP contribution in [0.4, 0.5) is 0 Å². The van der Waals surface area contributed by atoms with Crippen molar-refractivity contribution in [3.63, 3.8) is 0 Å². The number of hydrogen-bond acceptors (Lipinski definition) is 3. The number of thioether (sulfide) groups is 1. The molecule has 0 N–H and O–H groups in total. The van der Waals surface area contributed by atoms with Crippen LogP contribution >= 0.6 is 11.8 Å². The lowest BCUT2D eigenvalue weighted by molar-refractivity contribution is -0.139. The van der Waals surface area contributed by atoms with Crippen LogP contribution in [0.1, 0.15) is 24.5 Å². The molecule has 0 saturated carbocycles. The van der Waals surface area contributed by atoms with Crippen LogP contribution in [0.2, 0.25) is 0 Å². The second-order valence-corrected chi connectivity index (χ2v) is 5.48. The summed E-state index contributed by atoms with van der Waals surface area (Å²) in [4.78, 5) is 12.5. The summed E-state index contributed by atoms with van der Waals surface area (Å²) in [6.45, 7) is 1.88. The minimum Gasteiger partial charge on any atom is -0.468 e. The van der Waals surface area contributed by atoms with Gasteiger partial charge in [0.2, 0.25) is 0 Å². The van der Waals surface area contributed by atoms with Crippen LogP contribution in [0, 0.1) is 0 Å². The van der Waals surface area contributed by atoms with E-state index in [0.717, 1.165) is 0 Å². The number of aryl methyl sites for hydroxylation is 2. The molecule has 16 heavy (non-hydrogen) atoms. The Hall–Kier alpha value is -0.960. The molecule has 1 atom stereocenters. The van der Waals surface area contributed by atoms with Gasteiger partial charge in [-0.2, -0.15) is 0 Å². The highest BCUT2D eigenvalue weighted by Crippen LogP contribution is 2.29. The summed E-state index contributed by atoms with van der Waals surface area (Å²) >= 11 is 1.57. The summed E-state index contributed by atoms with van der Waals surface area (Å²) in [6.07, 6.45) is 3.64. The molecule has 2 nitrogen and oxygen atoms in total. The summed E-state index contributed by atoms with van der Waals surface area (Å²) < 4.78 is 4.72. The van der Waals surface area contributed by atoms with E-state index in [1.165, 1.54) is 42.4 Å². The molecule has 0 aliphatic heterocycles. The van der Waals surface area contributed by atoms with Gasteiger partial charge in [-0.1, -0.05) is 6.07 Å². The van der Waals surface area contributed by atoms with Gasteiger partial charge < -0.3 is 4.74 Å². The van der Waals surface area contributed by atoms with Crippen LogP contribution in [0.25, 0.3) is 0 Å². The molecule has 0 spiro atoms. The molecule has 1 aliphatic rings. The Balaban J connectivity index is 2.08. The second kappa shape index (κ2) is 4.91. The van der Waals surface area contributed by atoms with Gasteiger partial charge in [-0.15, -0.1) is 11.8 Å². The van der Waals surface area contributed by atoms with Crippen LogP contribution in [0.3, 0.4) is 0 Å². The largest absolute Gasteiger partial charge is 0.468 e. The fourth-order valence-corrected chi connectivity index (χ4v) is 3.00. The Morgan fingerprint density at radius 3 is 2.88 bits per heavy atom. The topological polar surface area (TPSA) is 26.3 Å². The van der Waals surface area contributed by atoms with Crippen molar-refractivity contribution in [2.75, 3.05) is 7.11 Å². The van der Waals surface area contributed by atoms with Crippen LogP contribution < -0.4 is 0 Å². The van der Waals surface area contributed by atoms with Gasteiger partial charge in [0.15, 0.2) is 0 Å². The predicted octanol–water partition coefficient (Wildman–Crippen LogP) is 2.83. The first kappa shape index (κ1) is 11.5. The highest BCUT2D eigenvalue weighted by Gasteiger charge is 2.16. The second-order valence-electron chi connectivity index (χ2n) is 4.07. The van der Waals surface area contributed by atoms with Gasteiger partial charge in [-0.05, 0) is 49.4 Å². The Bertz CT molecular complexity index is 401. The van der Waals surface area contributed by atoms with E-state index in [2.05, 4.69) is 18.2 Å². The summed E-state index contributed by atoms with van der Waals surface area (Å²) in [7, 11) is 1.43. The number of carbonyl (C=O) groups excluding carboxylic acids is 1. The highest BCUT2D eigenvalue weighted by atomic mass is 32.2. The molecule has 0 radical (unpaired) electrons. The molecule has 1 unspecified atom stereocenters. The lowest BCUT2D eigenvalue weighted by Gasteiger charge is -2.09. The first-order valence-electron chi connectivity index (χ1n) is 5.57. The summed E-state index contributed by atoms with van der Waals surface area (Å²) in [5.41, 5.74) is 2.91. The maximum absolute atomic E-state index is 11.3. The quantitative estimate of drug-likeness (QED) is 0.596. The van der Waals surface area contributed by atoms with E-state index in [1.807, 2.05) is 6.92 Å². The average molecular weight is 236 g/mol. The normalized spacial score (nSPS) is 15.6. The molecular formula is C13H16O2S. The van der Waals surface area contributed by atoms with Gasteiger partial charge in [0.05, 0.1) is 7.11 Å². The fraction of sp³-hybridized carbons (Fsp3) is 0.462. The van der Waals surface area contributed by atoms with Crippen molar-refractivity contribution in [1.82, 2.24) is 0 Å². The van der Waals surface area contributed by atoms with Gasteiger partial charge in [0.1, 0.15) is 5.25 Å². The molecule has 0 fully saturated rings. The van der Waals surface area contributed by atoms with Crippen molar-refractivity contribution in [1.29, 1.82) is 0 Å². The number of benzene rings is 1. The van der Waals surface area contributed by atoms with Crippen molar-refractivity contribution >= 4 is 17.7 Å². The Kier molecular flexibility index (Phi) is 3.54. The van der Waals surface area contributed by atoms with Crippen molar-refractivity contribution in [2.24, 2.45) is 0 Å². The zero-order chi connectivity index (χ0) is 11.5. The summed E-state index contributed by atoms with van der Waals surface area (Å²) in [5.74, 6) is -0.162. The van der Waals surface area contributed by atoms with Crippen molar-refractivity contribution in [3.05, 3.63) is 29.3 Å². The van der Waals surface area contributed by atoms with Crippen LogP contribution in [0.5, 0.6) is 0 Å². The average Bonchev–Trinajstić information content (AvgIpc) is 2.75. The van der Waals surface area contributed by atoms with Crippen LogP contribution in [-0.4, -0.2) is 18.3 Å². The molecule has 0 amide bonds. The maximum Gasteiger partial charge on any atom is 0.318 e. The van der Waals surface area contributed by atoms with Gasteiger partial charge in [-0.25, -0.2) is 0 Å². The lowest BCUT2D eigenvalue weighted by Crippen LogP contribution is -2.14. The van der Waals surface area contributed by atoms with Gasteiger partial charge in [-0.3, -0.25) is 4.79 Å². The molecule has 0 saturated heterocycles. The van der Waals surface area contributed by atoms with E-state index in [9.17, 15) is 4.79 Å². The number of carbonyl (C=O) groups is 1. The Labute approximate surface area is 100 Å². The maximum atomic E-state index is 11.3. The number of fused-ring (bicyclic) bond motifs is 1. The molecule has 1 aromatic rings. The van der Waals surface area contributed by atoms with Crippen molar-refractivity contribution in [2.45, 2.75) is 36.3 Å². The molecule has 1 aliphatic carbocycles. The molecule has 86 valence electrons. The summed E-state index contributed by atoms with van der Waals surface area (Å²) in [6, 6.07) is 6.51. The summed E-state index contributed by atoms with van der Waals surface area (Å²) in [5, 5.41) is -0.135. The molecule has 0 bridgehead atoms. The third kappa shape index (κ3) is 2.40. The molecule has 0 aromatic heterocycles. The number of rotatable bonds is 3. The van der Waals surface area contributed by atoms with E-state index in [-0.39, 0.29) is 11.2 Å². The van der Waals surface area contributed by atoms with Gasteiger partial charge in [0.25, 0.3) is 0 Å². The smallest absolute Gasteiger partial charge is 0.318 e. The fourth-order valence-electron chi connectivity index (χ4n) is 2.04. The van der Waals surface area contributed by atoms with E-state index in [4.69, 9.17) is 4.74 Å². The number of hydrogen-bond donors (Lipinski definition) is 0. The minimum atomic E-state index is -0.162. The predicted molar refractivity (Wildman–Crippen MR) is 65.8 cm³/mol. The monoisotopic (exact) mass is 236 g/mol. The number of methoxy groups -OCH3 is 1. The minimum absolute atomic E-state index is 0.135. The number of esters is 1. The zero-order valence-electron chi connectivity index (χ0n) is 9.66. The van der Waals surface area contributed by atoms with E-state index < -0.39 is 0 Å². The zero-order valence-corrected chi connectivity index (χ0v) is 10.5. The number of ether oxygens (including phenoxy) is 1. The SMILES string of the molecule is COC(=O)C(C)Sc1ccc2c(c1)CCC2. The van der Waals surface area contributed by atoms with Gasteiger partial charge >= 0.3 is 5.97 Å². The first-order chi connectivity index (χ1) is 7.70. The van der Waals surface area contributed by atoms with Crippen LogP contribution in [-0.2, 0) is 22.4 Å². The van der Waals surface area contributed by atoms with E-state index in [1.54, 1.807) is 11.8 Å². The van der Waals surface area contributed by atoms with E-state index >= 15 is 0 Å². The van der Waals surface area contributed by atoms with Crippen LogP contribution in [0.15, 0.2) is 23.1 Å². The first-order valence-corrected chi connectivity index (χ1v) is 6.45. The lowest BCUT2D eigenvalue weighted by atomic mass is 10.1. The molecule has 0 heterocycles. The van der Waals surface area contributed by atoms with Gasteiger partial charge in [0, 0.05) is 4.90 Å².